The fourth-order valence-electron chi connectivity index (χ4n) is 2.46. The van der Waals surface area contributed by atoms with E-state index in [1.165, 1.54) is 0 Å². The Kier molecular flexibility index (Phi) is 3.42. The average Bonchev–Trinajstić information content (AvgIpc) is 2.75. The molecule has 1 aromatic carbocycles. The molecule has 6 nitrogen and oxygen atoms in total. The molecule has 3 rings (SSSR count). The van der Waals surface area contributed by atoms with Crippen molar-refractivity contribution in [1.82, 2.24) is 9.88 Å². The van der Waals surface area contributed by atoms with Crippen LogP contribution in [0.2, 0.25) is 0 Å². The number of aromatic nitrogens is 1. The highest BCUT2D eigenvalue weighted by atomic mass is 16.4. The molecule has 110 valence electrons. The first kappa shape index (κ1) is 13.9. The lowest BCUT2D eigenvalue weighted by molar-refractivity contribution is -0.148. The van der Waals surface area contributed by atoms with Crippen molar-refractivity contribution < 1.29 is 19.5 Å². The van der Waals surface area contributed by atoms with Gasteiger partial charge in [-0.3, -0.25) is 24.3 Å². The van der Waals surface area contributed by atoms with Gasteiger partial charge < -0.3 is 5.11 Å². The molecule has 0 atom stereocenters. The second-order valence-corrected chi connectivity index (χ2v) is 4.95. The molecule has 0 saturated carbocycles. The van der Waals surface area contributed by atoms with E-state index in [1.807, 2.05) is 24.3 Å². The van der Waals surface area contributed by atoms with E-state index in [9.17, 15) is 14.4 Å². The van der Waals surface area contributed by atoms with Gasteiger partial charge >= 0.3 is 5.97 Å². The number of amides is 2. The summed E-state index contributed by atoms with van der Waals surface area (Å²) in [6, 6.07) is 9.27. The molecule has 1 saturated heterocycles. The van der Waals surface area contributed by atoms with E-state index in [0.717, 1.165) is 21.4 Å². The predicted molar refractivity (Wildman–Crippen MR) is 78.7 cm³/mol. The molecule has 2 heterocycles. The predicted octanol–water partition coefficient (Wildman–Crippen LogP) is 1.46. The molecule has 2 aromatic rings. The Hall–Kier alpha value is -3.02. The number of carbonyl (C=O) groups excluding carboxylic acids is 2. The standard InChI is InChI=1S/C16H12N2O4/c19-13-8-12(16(22)18(13)9-14(20)21)7-11-4-1-3-10-5-2-6-17-15(10)11/h1-7H,8-9H2,(H,20,21)/b12-7+. The van der Waals surface area contributed by atoms with E-state index < -0.39 is 24.3 Å². The Labute approximate surface area is 125 Å². The van der Waals surface area contributed by atoms with Crippen molar-refractivity contribution in [3.63, 3.8) is 0 Å². The number of imide groups is 1. The van der Waals surface area contributed by atoms with Gasteiger partial charge in [0.15, 0.2) is 0 Å². The van der Waals surface area contributed by atoms with Crippen LogP contribution in [0.25, 0.3) is 17.0 Å². The first-order valence-corrected chi connectivity index (χ1v) is 6.67. The van der Waals surface area contributed by atoms with Crippen molar-refractivity contribution in [2.45, 2.75) is 6.42 Å². The van der Waals surface area contributed by atoms with Gasteiger partial charge in [0.2, 0.25) is 5.91 Å². The van der Waals surface area contributed by atoms with Gasteiger partial charge in [-0.1, -0.05) is 24.3 Å². The molecule has 1 fully saturated rings. The number of benzene rings is 1. The summed E-state index contributed by atoms with van der Waals surface area (Å²) in [5.41, 5.74) is 1.74. The smallest absolute Gasteiger partial charge is 0.323 e. The molecule has 1 aromatic heterocycles. The number of carboxylic acid groups (broad SMARTS) is 1. The van der Waals surface area contributed by atoms with E-state index >= 15 is 0 Å². The molecule has 6 heteroatoms. The second kappa shape index (κ2) is 5.40. The topological polar surface area (TPSA) is 87.6 Å². The Morgan fingerprint density at radius 3 is 2.82 bits per heavy atom. The minimum absolute atomic E-state index is 0.0880. The Morgan fingerprint density at radius 1 is 1.27 bits per heavy atom. The molecule has 0 unspecified atom stereocenters. The number of carbonyl (C=O) groups is 3. The van der Waals surface area contributed by atoms with Crippen LogP contribution in [0.3, 0.4) is 0 Å². The Balaban J connectivity index is 2.00. The normalized spacial score (nSPS) is 16.7. The van der Waals surface area contributed by atoms with E-state index in [4.69, 9.17) is 5.11 Å². The largest absolute Gasteiger partial charge is 0.480 e. The Bertz CT molecular complexity index is 821. The molecule has 0 aliphatic carbocycles. The van der Waals surface area contributed by atoms with E-state index in [-0.39, 0.29) is 12.0 Å². The molecule has 2 amide bonds. The van der Waals surface area contributed by atoms with Crippen LogP contribution in [0, 0.1) is 0 Å². The number of fused-ring (bicyclic) bond motifs is 1. The Morgan fingerprint density at radius 2 is 2.05 bits per heavy atom. The van der Waals surface area contributed by atoms with Crippen LogP contribution in [0.5, 0.6) is 0 Å². The first-order chi connectivity index (χ1) is 10.6. The summed E-state index contributed by atoms with van der Waals surface area (Å²) in [5, 5.41) is 9.68. The maximum absolute atomic E-state index is 12.1. The molecule has 1 aliphatic rings. The molecule has 0 radical (unpaired) electrons. The highest BCUT2D eigenvalue weighted by molar-refractivity contribution is 6.17. The van der Waals surface area contributed by atoms with E-state index in [0.29, 0.717) is 0 Å². The van der Waals surface area contributed by atoms with Gasteiger partial charge in [0, 0.05) is 22.7 Å². The molecule has 22 heavy (non-hydrogen) atoms. The SMILES string of the molecule is O=C(O)CN1C(=O)C/C(=C\c2cccc3cccnc23)C1=O. The zero-order valence-electron chi connectivity index (χ0n) is 11.5. The number of para-hydroxylation sites is 1. The lowest BCUT2D eigenvalue weighted by Gasteiger charge is -2.09. The second-order valence-electron chi connectivity index (χ2n) is 4.95. The average molecular weight is 296 g/mol. The monoisotopic (exact) mass is 296 g/mol. The zero-order valence-corrected chi connectivity index (χ0v) is 11.5. The summed E-state index contributed by atoms with van der Waals surface area (Å²) in [5.74, 6) is -2.26. The molecule has 0 bridgehead atoms. The third-order valence-corrected chi connectivity index (χ3v) is 3.45. The van der Waals surface area contributed by atoms with Crippen LogP contribution >= 0.6 is 0 Å². The number of aliphatic carboxylic acids is 1. The quantitative estimate of drug-likeness (QED) is 0.684. The highest BCUT2D eigenvalue weighted by Crippen LogP contribution is 2.24. The van der Waals surface area contributed by atoms with Crippen molar-refractivity contribution in [3.05, 3.63) is 47.7 Å². The summed E-state index contributed by atoms with van der Waals surface area (Å²) >= 11 is 0. The van der Waals surface area contributed by atoms with Crippen LogP contribution in [0.1, 0.15) is 12.0 Å². The van der Waals surface area contributed by atoms with Crippen molar-refractivity contribution in [2.75, 3.05) is 6.54 Å². The number of rotatable bonds is 3. The fraction of sp³-hybridized carbons (Fsp3) is 0.125. The summed E-state index contributed by atoms with van der Waals surface area (Å²) in [6.45, 7) is -0.608. The van der Waals surface area contributed by atoms with Crippen LogP contribution in [-0.2, 0) is 14.4 Å². The van der Waals surface area contributed by atoms with Gasteiger partial charge in [-0.05, 0) is 12.1 Å². The van der Waals surface area contributed by atoms with Crippen molar-refractivity contribution >= 4 is 34.8 Å². The molecule has 1 N–H and O–H groups in total. The highest BCUT2D eigenvalue weighted by Gasteiger charge is 2.34. The summed E-state index contributed by atoms with van der Waals surface area (Å²) < 4.78 is 0. The molecular weight excluding hydrogens is 284 g/mol. The van der Waals surface area contributed by atoms with E-state index in [1.54, 1.807) is 18.3 Å². The van der Waals surface area contributed by atoms with Crippen molar-refractivity contribution in [1.29, 1.82) is 0 Å². The van der Waals surface area contributed by atoms with E-state index in [2.05, 4.69) is 4.98 Å². The van der Waals surface area contributed by atoms with Crippen LogP contribution in [0.15, 0.2) is 42.1 Å². The van der Waals surface area contributed by atoms with Gasteiger partial charge in [0.1, 0.15) is 6.54 Å². The number of carboxylic acids is 1. The van der Waals surface area contributed by atoms with Gasteiger partial charge in [0.05, 0.1) is 11.9 Å². The lowest BCUT2D eigenvalue weighted by atomic mass is 10.1. The van der Waals surface area contributed by atoms with Gasteiger partial charge in [-0.25, -0.2) is 0 Å². The van der Waals surface area contributed by atoms with Crippen LogP contribution in [-0.4, -0.2) is 39.3 Å². The number of hydrogen-bond donors (Lipinski definition) is 1. The maximum Gasteiger partial charge on any atom is 0.323 e. The zero-order chi connectivity index (χ0) is 15.7. The van der Waals surface area contributed by atoms with Crippen LogP contribution < -0.4 is 0 Å². The third-order valence-electron chi connectivity index (χ3n) is 3.45. The number of pyridine rings is 1. The van der Waals surface area contributed by atoms with Crippen LogP contribution in [0.4, 0.5) is 0 Å². The number of nitrogens with zero attached hydrogens (tertiary/aromatic N) is 2. The van der Waals surface area contributed by atoms with Gasteiger partial charge in [-0.15, -0.1) is 0 Å². The molecule has 1 aliphatic heterocycles. The minimum atomic E-state index is -1.21. The van der Waals surface area contributed by atoms with Crippen molar-refractivity contribution in [2.24, 2.45) is 0 Å². The summed E-state index contributed by atoms with van der Waals surface area (Å²) in [6.07, 6.45) is 3.18. The maximum atomic E-state index is 12.1. The van der Waals surface area contributed by atoms with Gasteiger partial charge in [-0.2, -0.15) is 0 Å². The fourth-order valence-corrected chi connectivity index (χ4v) is 2.46. The summed E-state index contributed by atoms with van der Waals surface area (Å²) in [4.78, 5) is 39.7. The number of hydrogen-bond acceptors (Lipinski definition) is 4. The lowest BCUT2D eigenvalue weighted by Crippen LogP contribution is -2.34. The molecule has 0 spiro atoms. The van der Waals surface area contributed by atoms with Gasteiger partial charge in [0.25, 0.3) is 5.91 Å². The first-order valence-electron chi connectivity index (χ1n) is 6.67. The third kappa shape index (κ3) is 2.46. The number of likely N-dealkylation sites (tertiary alicyclic amines) is 1. The summed E-state index contributed by atoms with van der Waals surface area (Å²) in [7, 11) is 0. The molecular formula is C16H12N2O4. The van der Waals surface area contributed by atoms with Crippen molar-refractivity contribution in [3.8, 4) is 0 Å². The minimum Gasteiger partial charge on any atom is -0.480 e.